The Balaban J connectivity index is 0.00000119. The lowest BCUT2D eigenvalue weighted by Crippen LogP contribution is -2.41. The molecule has 3 aromatic carbocycles. The van der Waals surface area contributed by atoms with Crippen LogP contribution in [0.1, 0.15) is 228 Å². The number of aliphatic hydroxyl groups is 1. The Bertz CT molecular complexity index is 3060. The normalized spacial score (nSPS) is 12.7. The number of benzene rings is 3. The molecule has 0 radical (unpaired) electrons. The van der Waals surface area contributed by atoms with Gasteiger partial charge in [0.05, 0.1) is 35.8 Å². The fourth-order valence-corrected chi connectivity index (χ4v) is 8.91. The number of nitrogens with zero attached hydrogens (tertiary/aromatic N) is 3. The van der Waals surface area contributed by atoms with E-state index in [0.29, 0.717) is 63.0 Å². The van der Waals surface area contributed by atoms with Crippen molar-refractivity contribution in [1.29, 1.82) is 5.41 Å². The van der Waals surface area contributed by atoms with Gasteiger partial charge in [-0.2, -0.15) is 0 Å². The number of carbonyl (C=O) groups excluding carboxylic acids is 5. The zero-order chi connectivity index (χ0) is 70.2. The van der Waals surface area contributed by atoms with Gasteiger partial charge in [0, 0.05) is 105 Å². The number of phenols is 3. The number of carbonyl (C=O) groups is 5. The lowest BCUT2D eigenvalue weighted by Gasteiger charge is -2.28. The summed E-state index contributed by atoms with van der Waals surface area (Å²) in [6, 6.07) is 10.7. The number of hydrogen-bond donors (Lipinski definition) is 10. The molecule has 19 heteroatoms. The summed E-state index contributed by atoms with van der Waals surface area (Å²) in [4.78, 5) is 72.8. The van der Waals surface area contributed by atoms with E-state index in [1.165, 1.54) is 21.0 Å². The van der Waals surface area contributed by atoms with Crippen LogP contribution in [0.15, 0.2) is 47.7 Å². The van der Waals surface area contributed by atoms with Crippen LogP contribution in [0.25, 0.3) is 11.3 Å². The molecule has 498 valence electrons. The molecule has 11 N–H and O–H groups in total. The number of amides is 3. The molecule has 4 aromatic rings. The number of amidine groups is 1. The standard InChI is InChI=1S/C22H31N3O2.C22H34N2O3.C18H27NO3.C6H15NO2.C2H6N2/c1-12-17(20(27)23-9)18(25-13(2)24-12)14-10-15(21(3,4)5)19(26)16(11-14)22(6,7)8;1-13(24(9)10)17(20(27)23-8)18(25)14-11-15(21(2,3)4)19(26)16(12-14)22(5,6)7;1-17(2,3)12-8-11(14(20)10-15(21)19-7)9-13(16(12)22)18(4,5)6;1-6(5-8,9-3)4-7-2;1-2(3)4/h10-11,26H,1-9H3,(H,23,27);11-12,26H,1-10H3,(H,23,27);8-9,22H,10H2,1-7H3,(H,19,21);7-8H,4-5H2,1-3H3;1H3,(H3,3,4). The molecule has 89 heavy (non-hydrogen) atoms. The van der Waals surface area contributed by atoms with Gasteiger partial charge in [0.1, 0.15) is 34.2 Å². The van der Waals surface area contributed by atoms with Crippen LogP contribution in [0, 0.1) is 19.3 Å². The Morgan fingerprint density at radius 1 is 0.584 bits per heavy atom. The van der Waals surface area contributed by atoms with Crippen molar-refractivity contribution in [3.63, 3.8) is 0 Å². The van der Waals surface area contributed by atoms with Gasteiger partial charge in [-0.3, -0.25) is 29.4 Å². The lowest BCUT2D eigenvalue weighted by molar-refractivity contribution is -0.120. The summed E-state index contributed by atoms with van der Waals surface area (Å²) in [5.41, 5.74) is 11.0. The maximum atomic E-state index is 13.3. The molecule has 0 bridgehead atoms. The Morgan fingerprint density at radius 3 is 1.20 bits per heavy atom. The number of Topliss-reactive ketones (excluding diaryl/α,β-unsaturated/α-hetero) is 2. The molecule has 1 unspecified atom stereocenters. The number of allylic oxidation sites excluding steroid dienone is 1. The van der Waals surface area contributed by atoms with E-state index in [9.17, 15) is 39.3 Å². The number of aliphatic hydroxyl groups excluding tert-OH is 1. The minimum atomic E-state index is -0.422. The Hall–Kier alpha value is -7.22. The first kappa shape index (κ1) is 81.8. The number of aryl methyl sites for hydroxylation is 2. The number of phenolic OH excluding ortho intramolecular Hbond substituents is 3. The molecule has 0 fully saturated rings. The van der Waals surface area contributed by atoms with Crippen LogP contribution in [0.4, 0.5) is 0 Å². The Morgan fingerprint density at radius 2 is 0.933 bits per heavy atom. The largest absolute Gasteiger partial charge is 0.507 e. The van der Waals surface area contributed by atoms with Crippen molar-refractivity contribution in [3.05, 3.63) is 109 Å². The van der Waals surface area contributed by atoms with Crippen LogP contribution in [0.2, 0.25) is 0 Å². The summed E-state index contributed by atoms with van der Waals surface area (Å²) in [6.07, 6.45) is -0.186. The number of ketones is 2. The average molecular weight is 1240 g/mol. The smallest absolute Gasteiger partial charge is 0.256 e. The van der Waals surface area contributed by atoms with Crippen molar-refractivity contribution in [2.75, 3.05) is 62.5 Å². The second kappa shape index (κ2) is 32.5. The van der Waals surface area contributed by atoms with Gasteiger partial charge in [-0.15, -0.1) is 0 Å². The maximum Gasteiger partial charge on any atom is 0.256 e. The number of aromatic nitrogens is 2. The van der Waals surface area contributed by atoms with Crippen molar-refractivity contribution in [2.45, 2.75) is 204 Å². The number of hydrogen-bond acceptors (Lipinski definition) is 15. The summed E-state index contributed by atoms with van der Waals surface area (Å²) < 4.78 is 5.01. The first-order valence-electron chi connectivity index (χ1n) is 29.9. The highest BCUT2D eigenvalue weighted by Crippen LogP contribution is 2.44. The molecule has 0 saturated heterocycles. The van der Waals surface area contributed by atoms with Gasteiger partial charge in [-0.05, 0) is 111 Å². The molecule has 4 rings (SSSR count). The number of aromatic hydroxyl groups is 3. The molecule has 1 atom stereocenters. The molecule has 0 spiro atoms. The van der Waals surface area contributed by atoms with Gasteiger partial charge in [-0.25, -0.2) is 9.97 Å². The first-order valence-corrected chi connectivity index (χ1v) is 29.9. The zero-order valence-electron chi connectivity index (χ0n) is 59.7. The fourth-order valence-electron chi connectivity index (χ4n) is 8.91. The topological polar surface area (TPSA) is 303 Å². The Kier molecular flexibility index (Phi) is 29.9. The summed E-state index contributed by atoms with van der Waals surface area (Å²) in [7, 11) is 11.6. The third-order valence-electron chi connectivity index (χ3n) is 14.4. The molecule has 0 aliphatic heterocycles. The number of nitrogens with one attached hydrogen (secondary N) is 5. The number of ether oxygens (including phenoxy) is 1. The molecule has 0 aliphatic carbocycles. The van der Waals surface area contributed by atoms with Gasteiger partial charge in [-0.1, -0.05) is 125 Å². The number of rotatable bonds is 13. The fraction of sp³-hybridized carbons (Fsp3) is 0.571. The van der Waals surface area contributed by atoms with E-state index >= 15 is 0 Å². The van der Waals surface area contributed by atoms with Crippen LogP contribution in [-0.4, -0.2) is 139 Å². The van der Waals surface area contributed by atoms with Crippen LogP contribution >= 0.6 is 0 Å². The van der Waals surface area contributed by atoms with E-state index in [4.69, 9.17) is 21.0 Å². The average Bonchev–Trinajstić information content (AvgIpc) is 0.905. The Labute approximate surface area is 533 Å². The molecule has 1 aromatic heterocycles. The molecule has 1 heterocycles. The second-order valence-electron chi connectivity index (χ2n) is 29.0. The highest BCUT2D eigenvalue weighted by molar-refractivity contribution is 6.26. The minimum Gasteiger partial charge on any atom is -0.507 e. The highest BCUT2D eigenvalue weighted by atomic mass is 16.5. The van der Waals surface area contributed by atoms with E-state index in [-0.39, 0.29) is 91.8 Å². The van der Waals surface area contributed by atoms with Crippen molar-refractivity contribution in [3.8, 4) is 28.5 Å². The van der Waals surface area contributed by atoms with Crippen LogP contribution in [0.5, 0.6) is 17.2 Å². The number of nitrogens with two attached hydrogens (primary N) is 1. The second-order valence-corrected chi connectivity index (χ2v) is 29.0. The van der Waals surface area contributed by atoms with Gasteiger partial charge in [0.15, 0.2) is 11.6 Å². The summed E-state index contributed by atoms with van der Waals surface area (Å²) >= 11 is 0. The minimum absolute atomic E-state index is 0.0460. The quantitative estimate of drug-likeness (QED) is 0.0149. The predicted molar refractivity (Wildman–Crippen MR) is 362 cm³/mol. The molecular weight excluding hydrogens is 1130 g/mol. The van der Waals surface area contributed by atoms with Crippen molar-refractivity contribution >= 4 is 35.1 Å². The van der Waals surface area contributed by atoms with Gasteiger partial charge >= 0.3 is 0 Å². The van der Waals surface area contributed by atoms with E-state index in [1.807, 2.05) is 123 Å². The number of likely N-dealkylation sites (N-methyl/N-ethyl adjacent to an activating group) is 2. The third-order valence-corrected chi connectivity index (χ3v) is 14.4. The highest BCUT2D eigenvalue weighted by Gasteiger charge is 2.33. The van der Waals surface area contributed by atoms with Gasteiger partial charge < -0.3 is 57.1 Å². The monoisotopic (exact) mass is 1240 g/mol. The molecule has 3 amide bonds. The van der Waals surface area contributed by atoms with E-state index in [2.05, 4.69) is 72.8 Å². The molecule has 0 aliphatic rings. The molecule has 19 nitrogen and oxygen atoms in total. The molecule has 0 saturated carbocycles. The van der Waals surface area contributed by atoms with Crippen molar-refractivity contribution in [2.24, 2.45) is 5.73 Å². The van der Waals surface area contributed by atoms with Crippen molar-refractivity contribution in [1.82, 2.24) is 36.1 Å². The van der Waals surface area contributed by atoms with Gasteiger partial charge in [0.25, 0.3) is 11.8 Å². The van der Waals surface area contributed by atoms with Crippen molar-refractivity contribution < 1.29 is 49.1 Å². The summed E-state index contributed by atoms with van der Waals surface area (Å²) in [5.74, 6) is -0.0166. The predicted octanol–water partition coefficient (Wildman–Crippen LogP) is 11.0. The maximum absolute atomic E-state index is 13.3. The summed E-state index contributed by atoms with van der Waals surface area (Å²) in [6.45, 7) is 45.7. The zero-order valence-corrected chi connectivity index (χ0v) is 59.7. The lowest BCUT2D eigenvalue weighted by atomic mass is 9.77. The van der Waals surface area contributed by atoms with Crippen LogP contribution in [0.3, 0.4) is 0 Å². The third kappa shape index (κ3) is 23.9. The first-order chi connectivity index (χ1) is 40.2. The van der Waals surface area contributed by atoms with Gasteiger partial charge in [0.2, 0.25) is 5.91 Å². The van der Waals surface area contributed by atoms with Crippen LogP contribution in [-0.2, 0) is 46.8 Å². The van der Waals surface area contributed by atoms with Crippen LogP contribution < -0.4 is 27.0 Å². The van der Waals surface area contributed by atoms with E-state index in [1.54, 1.807) is 64.3 Å². The van der Waals surface area contributed by atoms with E-state index < -0.39 is 11.5 Å². The SMILES string of the molecule is CC(=N)N.CNC(=O)C(C(=O)c1cc(C(C)(C)C)c(O)c(C(C)(C)C)c1)=C(C)N(C)C.CNC(=O)CC(=O)c1cc(C(C)(C)C)c(O)c(C(C)(C)C)c1.CNC(=O)c1c(C)nc(C)nc1-c1cc(C(C)(C)C)c(O)c(C(C)(C)C)c1.CNCC(C)(CO)OC. The van der Waals surface area contributed by atoms with E-state index in [0.717, 1.165) is 27.8 Å². The molecular formula is C70H113N9O10. The number of methoxy groups -OCH3 is 1. The summed E-state index contributed by atoms with van der Waals surface area (Å²) in [5, 5.41) is 58.1.